The fourth-order valence-corrected chi connectivity index (χ4v) is 2.26. The van der Waals surface area contributed by atoms with E-state index in [1.165, 1.54) is 0 Å². The summed E-state index contributed by atoms with van der Waals surface area (Å²) in [7, 11) is 0. The molecule has 25 heavy (non-hydrogen) atoms. The van der Waals surface area contributed by atoms with Crippen molar-refractivity contribution in [1.82, 2.24) is 10.3 Å². The highest BCUT2D eigenvalue weighted by Gasteiger charge is 2.32. The molecule has 7 nitrogen and oxygen atoms in total. The largest absolute Gasteiger partial charge is 0.455 e. The summed E-state index contributed by atoms with van der Waals surface area (Å²) in [6.45, 7) is -0.520. The molecule has 2 N–H and O–H groups in total. The van der Waals surface area contributed by atoms with Crippen molar-refractivity contribution in [3.63, 3.8) is 0 Å². The summed E-state index contributed by atoms with van der Waals surface area (Å²) in [6.07, 6.45) is -3.57. The van der Waals surface area contributed by atoms with Crippen LogP contribution in [-0.2, 0) is 25.3 Å². The first-order valence-corrected chi connectivity index (χ1v) is 7.50. The Labute approximate surface area is 144 Å². The van der Waals surface area contributed by atoms with Crippen LogP contribution in [0, 0.1) is 5.92 Å². The van der Waals surface area contributed by atoms with Gasteiger partial charge in [0, 0.05) is 19.2 Å². The number of ether oxygens (including phenoxy) is 1. The average Bonchev–Trinajstić information content (AvgIpc) is 2.54. The van der Waals surface area contributed by atoms with Crippen LogP contribution in [0.25, 0.3) is 0 Å². The van der Waals surface area contributed by atoms with Crippen LogP contribution in [-0.4, -0.2) is 35.9 Å². The fraction of sp³-hybridized carbons (Fsp3) is 0.429. The third-order valence-electron chi connectivity index (χ3n) is 3.37. The molecule has 1 aliphatic heterocycles. The summed E-state index contributed by atoms with van der Waals surface area (Å²) in [5.41, 5.74) is -1.05. The molecule has 0 spiro atoms. The molecule has 2 heterocycles. The van der Waals surface area contributed by atoms with E-state index in [1.54, 1.807) is 0 Å². The maximum atomic E-state index is 12.5. The molecule has 2 rings (SSSR count). The standard InChI is InChI=1S/C14H13ClF3N3O4/c15-9-3-8(14(16,17)18)5-20-12(9)21-11(23)6-25-13(24)7-1-2-10(22)19-4-7/h3,5,7H,1-2,4,6H2,(H,19,22)(H,20,21,23)/t7-/m0/s1. The number of carbonyl (C=O) groups excluding carboxylic acids is 3. The quantitative estimate of drug-likeness (QED) is 0.777. The van der Waals surface area contributed by atoms with Crippen LogP contribution >= 0.6 is 11.6 Å². The molecule has 0 radical (unpaired) electrons. The minimum Gasteiger partial charge on any atom is -0.455 e. The van der Waals surface area contributed by atoms with E-state index >= 15 is 0 Å². The summed E-state index contributed by atoms with van der Waals surface area (Å²) in [6, 6.07) is 0.626. The molecule has 2 amide bonds. The number of hydrogen-bond acceptors (Lipinski definition) is 5. The molecular weight excluding hydrogens is 367 g/mol. The molecule has 0 bridgehead atoms. The second kappa shape index (κ2) is 7.68. The van der Waals surface area contributed by atoms with Crippen molar-refractivity contribution in [2.24, 2.45) is 5.92 Å². The van der Waals surface area contributed by atoms with Crippen LogP contribution in [0.3, 0.4) is 0 Å². The van der Waals surface area contributed by atoms with Crippen molar-refractivity contribution in [1.29, 1.82) is 0 Å². The van der Waals surface area contributed by atoms with Crippen molar-refractivity contribution in [2.75, 3.05) is 18.5 Å². The third kappa shape index (κ3) is 5.31. The SMILES string of the molecule is O=C1CC[C@H](C(=O)OCC(=O)Nc2ncc(C(F)(F)F)cc2Cl)CN1. The van der Waals surface area contributed by atoms with Gasteiger partial charge in [-0.1, -0.05) is 11.6 Å². The van der Waals surface area contributed by atoms with Crippen LogP contribution in [0.5, 0.6) is 0 Å². The number of anilines is 1. The minimum atomic E-state index is -4.61. The van der Waals surface area contributed by atoms with Gasteiger partial charge in [-0.15, -0.1) is 0 Å². The van der Waals surface area contributed by atoms with Crippen molar-refractivity contribution in [3.05, 3.63) is 22.8 Å². The Morgan fingerprint density at radius 3 is 2.72 bits per heavy atom. The highest BCUT2D eigenvalue weighted by molar-refractivity contribution is 6.33. The molecule has 1 atom stereocenters. The maximum absolute atomic E-state index is 12.5. The van der Waals surface area contributed by atoms with Gasteiger partial charge in [0.1, 0.15) is 0 Å². The van der Waals surface area contributed by atoms with E-state index in [-0.39, 0.29) is 24.7 Å². The summed E-state index contributed by atoms with van der Waals surface area (Å²) in [5.74, 6) is -2.44. The number of halogens is 4. The van der Waals surface area contributed by atoms with E-state index < -0.39 is 41.2 Å². The summed E-state index contributed by atoms with van der Waals surface area (Å²) in [4.78, 5) is 37.9. The predicted octanol–water partition coefficient (Wildman–Crippen LogP) is 1.76. The van der Waals surface area contributed by atoms with E-state index in [1.807, 2.05) is 0 Å². The number of nitrogens with zero attached hydrogens (tertiary/aromatic N) is 1. The van der Waals surface area contributed by atoms with Crippen LogP contribution in [0.15, 0.2) is 12.3 Å². The number of amides is 2. The molecule has 11 heteroatoms. The third-order valence-corrected chi connectivity index (χ3v) is 3.66. The average molecular weight is 380 g/mol. The van der Waals surface area contributed by atoms with Gasteiger partial charge in [-0.05, 0) is 12.5 Å². The molecule has 0 saturated carbocycles. The first kappa shape index (κ1) is 19.0. The van der Waals surface area contributed by atoms with Gasteiger partial charge in [-0.2, -0.15) is 13.2 Å². The number of esters is 1. The van der Waals surface area contributed by atoms with E-state index in [9.17, 15) is 27.6 Å². The number of hydrogen-bond donors (Lipinski definition) is 2. The molecule has 1 saturated heterocycles. The Morgan fingerprint density at radius 1 is 1.44 bits per heavy atom. The lowest BCUT2D eigenvalue weighted by Gasteiger charge is -2.20. The zero-order valence-corrected chi connectivity index (χ0v) is 13.4. The number of alkyl halides is 3. The number of rotatable bonds is 4. The number of aromatic nitrogens is 1. The Morgan fingerprint density at radius 2 is 2.16 bits per heavy atom. The van der Waals surface area contributed by atoms with Gasteiger partial charge >= 0.3 is 12.1 Å². The van der Waals surface area contributed by atoms with Gasteiger partial charge in [-0.3, -0.25) is 14.4 Å². The predicted molar refractivity (Wildman–Crippen MR) is 79.6 cm³/mol. The van der Waals surface area contributed by atoms with Crippen molar-refractivity contribution >= 4 is 35.2 Å². The number of nitrogens with one attached hydrogen (secondary N) is 2. The summed E-state index contributed by atoms with van der Waals surface area (Å²) in [5, 5.41) is 4.26. The number of piperidine rings is 1. The van der Waals surface area contributed by atoms with Gasteiger partial charge in [0.2, 0.25) is 5.91 Å². The van der Waals surface area contributed by atoms with Crippen LogP contribution in [0.2, 0.25) is 5.02 Å². The van der Waals surface area contributed by atoms with Crippen molar-refractivity contribution in [2.45, 2.75) is 19.0 Å². The van der Waals surface area contributed by atoms with E-state index in [4.69, 9.17) is 16.3 Å². The lowest BCUT2D eigenvalue weighted by molar-refractivity contribution is -0.152. The number of pyridine rings is 1. The fourth-order valence-electron chi connectivity index (χ4n) is 2.04. The molecule has 1 fully saturated rings. The Balaban J connectivity index is 1.86. The van der Waals surface area contributed by atoms with Crippen LogP contribution in [0.1, 0.15) is 18.4 Å². The lowest BCUT2D eigenvalue weighted by atomic mass is 10.00. The van der Waals surface area contributed by atoms with E-state index in [0.717, 1.165) is 0 Å². The topological polar surface area (TPSA) is 97.4 Å². The molecule has 0 aliphatic carbocycles. The van der Waals surface area contributed by atoms with Gasteiger partial charge in [0.15, 0.2) is 12.4 Å². The monoisotopic (exact) mass is 379 g/mol. The van der Waals surface area contributed by atoms with Gasteiger partial charge < -0.3 is 15.4 Å². The first-order chi connectivity index (χ1) is 11.7. The molecule has 0 unspecified atom stereocenters. The summed E-state index contributed by atoms with van der Waals surface area (Å²) < 4.78 is 42.3. The molecule has 1 aliphatic rings. The first-order valence-electron chi connectivity index (χ1n) is 7.12. The second-order valence-corrected chi connectivity index (χ2v) is 5.65. The molecule has 1 aromatic heterocycles. The zero-order valence-electron chi connectivity index (χ0n) is 12.7. The summed E-state index contributed by atoms with van der Waals surface area (Å²) >= 11 is 5.65. The Bertz CT molecular complexity index is 686. The molecular formula is C14H13ClF3N3O4. The van der Waals surface area contributed by atoms with Crippen LogP contribution in [0.4, 0.5) is 19.0 Å². The van der Waals surface area contributed by atoms with Gasteiger partial charge in [0.05, 0.1) is 16.5 Å². The lowest BCUT2D eigenvalue weighted by Crippen LogP contribution is -2.39. The minimum absolute atomic E-state index is 0.131. The maximum Gasteiger partial charge on any atom is 0.417 e. The van der Waals surface area contributed by atoms with E-state index in [2.05, 4.69) is 15.6 Å². The van der Waals surface area contributed by atoms with Crippen molar-refractivity contribution in [3.8, 4) is 0 Å². The highest BCUT2D eigenvalue weighted by Crippen LogP contribution is 2.32. The Kier molecular flexibility index (Phi) is 5.83. The van der Waals surface area contributed by atoms with Gasteiger partial charge in [-0.25, -0.2) is 4.98 Å². The smallest absolute Gasteiger partial charge is 0.417 e. The molecule has 1 aromatic rings. The van der Waals surface area contributed by atoms with Crippen LogP contribution < -0.4 is 10.6 Å². The molecule has 0 aromatic carbocycles. The molecule has 136 valence electrons. The zero-order chi connectivity index (χ0) is 18.6. The number of carbonyl (C=O) groups is 3. The highest BCUT2D eigenvalue weighted by atomic mass is 35.5. The van der Waals surface area contributed by atoms with Gasteiger partial charge in [0.25, 0.3) is 5.91 Å². The Hall–Kier alpha value is -2.36. The second-order valence-electron chi connectivity index (χ2n) is 5.25. The van der Waals surface area contributed by atoms with E-state index in [0.29, 0.717) is 18.7 Å². The van der Waals surface area contributed by atoms with Crippen molar-refractivity contribution < 1.29 is 32.3 Å². The normalized spacial score (nSPS) is 17.6.